The van der Waals surface area contributed by atoms with Crippen molar-refractivity contribution >= 4 is 0 Å². The fraction of sp³-hybridized carbons (Fsp3) is 0.692. The molecule has 0 nitrogen and oxygen atoms in total. The number of allylic oxidation sites excluding steroid dienone is 4. The lowest BCUT2D eigenvalue weighted by Crippen LogP contribution is -1.92. The molecule has 0 aliphatic heterocycles. The number of hydrogen-bond donors (Lipinski definition) is 0. The molecule has 0 amide bonds. The van der Waals surface area contributed by atoms with Gasteiger partial charge in [0.2, 0.25) is 0 Å². The van der Waals surface area contributed by atoms with E-state index in [1.807, 2.05) is 0 Å². The van der Waals surface area contributed by atoms with Crippen LogP contribution in [0.4, 0.5) is 0 Å². The van der Waals surface area contributed by atoms with Crippen LogP contribution in [0.15, 0.2) is 23.8 Å². The first kappa shape index (κ1) is 12.5. The molecule has 0 heterocycles. The first-order chi connectivity index (χ1) is 6.06. The molecule has 0 aliphatic rings. The van der Waals surface area contributed by atoms with E-state index in [9.17, 15) is 0 Å². The molecule has 13 heavy (non-hydrogen) atoms. The summed E-state index contributed by atoms with van der Waals surface area (Å²) in [5.74, 6) is 1.37. The van der Waals surface area contributed by atoms with Crippen molar-refractivity contribution in [2.45, 2.75) is 47.5 Å². The fourth-order valence-corrected chi connectivity index (χ4v) is 1.58. The van der Waals surface area contributed by atoms with Crippen LogP contribution in [0.25, 0.3) is 0 Å². The van der Waals surface area contributed by atoms with Crippen molar-refractivity contribution < 1.29 is 0 Å². The molecule has 0 aromatic rings. The predicted octanol–water partition coefficient (Wildman–Crippen LogP) is 4.58. The molecule has 0 N–H and O–H groups in total. The van der Waals surface area contributed by atoms with Crippen LogP contribution >= 0.6 is 0 Å². The quantitative estimate of drug-likeness (QED) is 0.543. The Morgan fingerprint density at radius 3 is 2.31 bits per heavy atom. The van der Waals surface area contributed by atoms with Crippen molar-refractivity contribution in [1.82, 2.24) is 0 Å². The summed E-state index contributed by atoms with van der Waals surface area (Å²) in [6.07, 6.45) is 9.28. The number of rotatable bonds is 5. The van der Waals surface area contributed by atoms with Crippen molar-refractivity contribution in [2.24, 2.45) is 11.8 Å². The third-order valence-corrected chi connectivity index (χ3v) is 1.96. The van der Waals surface area contributed by atoms with Gasteiger partial charge >= 0.3 is 0 Å². The smallest absolute Gasteiger partial charge is 0.0225 e. The third-order valence-electron chi connectivity index (χ3n) is 1.96. The van der Waals surface area contributed by atoms with Gasteiger partial charge in [-0.1, -0.05) is 51.5 Å². The minimum absolute atomic E-state index is 0.683. The maximum Gasteiger partial charge on any atom is -0.0225 e. The van der Waals surface area contributed by atoms with Gasteiger partial charge in [-0.05, 0) is 31.6 Å². The highest BCUT2D eigenvalue weighted by molar-refractivity contribution is 5.03. The third kappa shape index (κ3) is 7.83. The van der Waals surface area contributed by atoms with E-state index < -0.39 is 0 Å². The molecule has 0 aliphatic carbocycles. The SMILES string of the molecule is CCC=CC(C)CC(C)=CC(C)C. The second kappa shape index (κ2) is 6.94. The van der Waals surface area contributed by atoms with Crippen LogP contribution < -0.4 is 0 Å². The summed E-state index contributed by atoms with van der Waals surface area (Å²) in [7, 11) is 0. The maximum absolute atomic E-state index is 2.36. The lowest BCUT2D eigenvalue weighted by atomic mass is 9.99. The summed E-state index contributed by atoms with van der Waals surface area (Å²) in [4.78, 5) is 0. The Hall–Kier alpha value is -0.520. The van der Waals surface area contributed by atoms with Crippen LogP contribution in [-0.4, -0.2) is 0 Å². The Morgan fingerprint density at radius 2 is 1.85 bits per heavy atom. The highest BCUT2D eigenvalue weighted by Gasteiger charge is 1.98. The van der Waals surface area contributed by atoms with Gasteiger partial charge in [-0.25, -0.2) is 0 Å². The molecule has 0 aromatic heterocycles. The van der Waals surface area contributed by atoms with E-state index in [2.05, 4.69) is 52.8 Å². The monoisotopic (exact) mass is 180 g/mol. The molecule has 0 saturated heterocycles. The van der Waals surface area contributed by atoms with Gasteiger partial charge in [-0.15, -0.1) is 0 Å². The zero-order valence-electron chi connectivity index (χ0n) is 9.80. The van der Waals surface area contributed by atoms with E-state index in [1.165, 1.54) is 12.0 Å². The van der Waals surface area contributed by atoms with Gasteiger partial charge in [-0.2, -0.15) is 0 Å². The predicted molar refractivity (Wildman–Crippen MR) is 61.8 cm³/mol. The van der Waals surface area contributed by atoms with E-state index in [0.717, 1.165) is 6.42 Å². The van der Waals surface area contributed by atoms with Crippen molar-refractivity contribution in [2.75, 3.05) is 0 Å². The molecular formula is C13H24. The standard InChI is InChI=1S/C13H24/c1-6-7-8-12(4)10-13(5)9-11(2)3/h7-9,11-12H,6,10H2,1-5H3. The minimum atomic E-state index is 0.683. The van der Waals surface area contributed by atoms with Crippen molar-refractivity contribution in [3.8, 4) is 0 Å². The van der Waals surface area contributed by atoms with E-state index in [0.29, 0.717) is 11.8 Å². The van der Waals surface area contributed by atoms with Gasteiger partial charge in [0.25, 0.3) is 0 Å². The van der Waals surface area contributed by atoms with E-state index in [4.69, 9.17) is 0 Å². The molecular weight excluding hydrogens is 156 g/mol. The maximum atomic E-state index is 2.36. The van der Waals surface area contributed by atoms with Crippen LogP contribution in [0.5, 0.6) is 0 Å². The van der Waals surface area contributed by atoms with Gasteiger partial charge in [0, 0.05) is 0 Å². The topological polar surface area (TPSA) is 0 Å². The highest BCUT2D eigenvalue weighted by atomic mass is 14.0. The van der Waals surface area contributed by atoms with Gasteiger partial charge in [0.05, 0.1) is 0 Å². The Bertz CT molecular complexity index is 172. The minimum Gasteiger partial charge on any atom is -0.0885 e. The van der Waals surface area contributed by atoms with Crippen LogP contribution in [-0.2, 0) is 0 Å². The number of hydrogen-bond acceptors (Lipinski definition) is 0. The van der Waals surface area contributed by atoms with Crippen LogP contribution in [0.3, 0.4) is 0 Å². The molecule has 0 rings (SSSR count). The average Bonchev–Trinajstić information content (AvgIpc) is 1.98. The summed E-state index contributed by atoms with van der Waals surface area (Å²) in [6, 6.07) is 0. The first-order valence-corrected chi connectivity index (χ1v) is 5.40. The van der Waals surface area contributed by atoms with Crippen molar-refractivity contribution in [3.63, 3.8) is 0 Å². The normalized spacial score (nSPS) is 15.7. The summed E-state index contributed by atoms with van der Waals surface area (Å²) < 4.78 is 0. The Kier molecular flexibility index (Phi) is 6.66. The summed E-state index contributed by atoms with van der Waals surface area (Å²) >= 11 is 0. The van der Waals surface area contributed by atoms with Crippen LogP contribution in [0.1, 0.15) is 47.5 Å². The second-order valence-electron chi connectivity index (χ2n) is 4.27. The zero-order valence-corrected chi connectivity index (χ0v) is 9.80. The van der Waals surface area contributed by atoms with Gasteiger partial charge < -0.3 is 0 Å². The molecule has 1 atom stereocenters. The molecule has 0 saturated carbocycles. The average molecular weight is 180 g/mol. The van der Waals surface area contributed by atoms with Crippen LogP contribution in [0, 0.1) is 11.8 Å². The second-order valence-corrected chi connectivity index (χ2v) is 4.27. The van der Waals surface area contributed by atoms with Gasteiger partial charge in [0.1, 0.15) is 0 Å². The molecule has 76 valence electrons. The first-order valence-electron chi connectivity index (χ1n) is 5.40. The molecule has 0 fully saturated rings. The zero-order chi connectivity index (χ0) is 10.3. The lowest BCUT2D eigenvalue weighted by Gasteiger charge is -2.07. The fourth-order valence-electron chi connectivity index (χ4n) is 1.58. The van der Waals surface area contributed by atoms with Gasteiger partial charge in [0.15, 0.2) is 0 Å². The molecule has 1 unspecified atom stereocenters. The van der Waals surface area contributed by atoms with Crippen molar-refractivity contribution in [1.29, 1.82) is 0 Å². The molecule has 0 heteroatoms. The summed E-state index contributed by atoms with van der Waals surface area (Å²) in [6.45, 7) is 11.2. The molecule has 0 radical (unpaired) electrons. The van der Waals surface area contributed by atoms with E-state index >= 15 is 0 Å². The Morgan fingerprint density at radius 1 is 1.23 bits per heavy atom. The molecule has 0 spiro atoms. The summed E-state index contributed by atoms with van der Waals surface area (Å²) in [5, 5.41) is 0. The molecule has 0 aromatic carbocycles. The van der Waals surface area contributed by atoms with Gasteiger partial charge in [-0.3, -0.25) is 0 Å². The molecule has 0 bridgehead atoms. The lowest BCUT2D eigenvalue weighted by molar-refractivity contribution is 0.699. The highest BCUT2D eigenvalue weighted by Crippen LogP contribution is 2.14. The van der Waals surface area contributed by atoms with Crippen molar-refractivity contribution in [3.05, 3.63) is 23.8 Å². The van der Waals surface area contributed by atoms with Crippen LogP contribution in [0.2, 0.25) is 0 Å². The van der Waals surface area contributed by atoms with E-state index in [-0.39, 0.29) is 0 Å². The van der Waals surface area contributed by atoms with E-state index in [1.54, 1.807) is 0 Å². The Balaban J connectivity index is 3.90. The summed E-state index contributed by atoms with van der Waals surface area (Å²) in [5.41, 5.74) is 1.52. The largest absolute Gasteiger partial charge is 0.0885 e. The Labute approximate surface area is 83.7 Å².